The minimum absolute atomic E-state index is 0.00512. The maximum absolute atomic E-state index is 14.3. The van der Waals surface area contributed by atoms with Gasteiger partial charge in [-0.1, -0.05) is 59.7 Å². The molecule has 198 valence electrons. The molecule has 0 aromatic heterocycles. The molecule has 1 aromatic rings. The molecule has 1 aromatic carbocycles. The fourth-order valence-corrected chi connectivity index (χ4v) is 5.62. The van der Waals surface area contributed by atoms with Crippen LogP contribution in [-0.2, 0) is 14.3 Å². The number of likely N-dealkylation sites (tertiary alicyclic amines) is 1. The third-order valence-corrected chi connectivity index (χ3v) is 6.51. The number of hydrogen-bond acceptors (Lipinski definition) is 5. The van der Waals surface area contributed by atoms with E-state index in [0.717, 1.165) is 5.69 Å². The summed E-state index contributed by atoms with van der Waals surface area (Å²) in [6, 6.07) is 10.0. The molecule has 6 nitrogen and oxygen atoms in total. The van der Waals surface area contributed by atoms with Gasteiger partial charge in [-0.3, -0.25) is 4.90 Å². The molecule has 0 aliphatic carbocycles. The van der Waals surface area contributed by atoms with Crippen LogP contribution in [0, 0.1) is 22.7 Å². The van der Waals surface area contributed by atoms with Crippen LogP contribution in [0.1, 0.15) is 83.1 Å². The quantitative estimate of drug-likeness (QED) is 0.475. The van der Waals surface area contributed by atoms with E-state index in [2.05, 4.69) is 26.1 Å². The average Bonchev–Trinajstić information content (AvgIpc) is 3.01. The lowest BCUT2D eigenvalue weighted by molar-refractivity contribution is -0.183. The van der Waals surface area contributed by atoms with Crippen molar-refractivity contribution in [1.82, 2.24) is 4.90 Å². The van der Waals surface area contributed by atoms with Crippen LogP contribution in [0.4, 0.5) is 10.5 Å². The molecule has 1 amide bonds. The monoisotopic (exact) mass is 488 g/mol. The normalized spacial score (nSPS) is 23.7. The number of rotatable bonds is 4. The second-order valence-corrected chi connectivity index (χ2v) is 14.0. The Morgan fingerprint density at radius 2 is 1.40 bits per heavy atom. The molecule has 1 saturated heterocycles. The van der Waals surface area contributed by atoms with E-state index in [1.807, 2.05) is 92.6 Å². The molecule has 6 heteroatoms. The number of esters is 1. The van der Waals surface area contributed by atoms with Gasteiger partial charge in [0.1, 0.15) is 11.2 Å². The van der Waals surface area contributed by atoms with Gasteiger partial charge in [0.15, 0.2) is 5.54 Å². The van der Waals surface area contributed by atoms with Crippen molar-refractivity contribution in [2.24, 2.45) is 22.7 Å². The number of nitrogens with one attached hydrogen (secondary N) is 1. The second-order valence-electron chi connectivity index (χ2n) is 14.0. The topological polar surface area (TPSA) is 67.9 Å². The maximum Gasteiger partial charge on any atom is 0.411 e. The van der Waals surface area contributed by atoms with Crippen molar-refractivity contribution in [3.63, 3.8) is 0 Å². The highest BCUT2D eigenvalue weighted by molar-refractivity contribution is 5.89. The van der Waals surface area contributed by atoms with Gasteiger partial charge in [-0.15, -0.1) is 0 Å². The van der Waals surface area contributed by atoms with Gasteiger partial charge in [-0.2, -0.15) is 0 Å². The SMILES string of the molecule is CC(C)(C)OC(=O)N1C[C@@H](CNc2ccccc2)C(C(C)(C)C)[C@@]1(C(=O)OC(C)(C)C)C(C)(C)C. The van der Waals surface area contributed by atoms with E-state index in [1.54, 1.807) is 4.90 Å². The molecule has 0 spiro atoms. The first kappa shape index (κ1) is 29.0. The van der Waals surface area contributed by atoms with Crippen LogP contribution >= 0.6 is 0 Å². The molecule has 1 unspecified atom stereocenters. The summed E-state index contributed by atoms with van der Waals surface area (Å²) >= 11 is 0. The lowest BCUT2D eigenvalue weighted by Gasteiger charge is -2.53. The first-order chi connectivity index (χ1) is 15.7. The predicted octanol–water partition coefficient (Wildman–Crippen LogP) is 6.75. The zero-order chi connectivity index (χ0) is 27.0. The number of carbonyl (C=O) groups is 2. The van der Waals surface area contributed by atoms with Gasteiger partial charge in [0.05, 0.1) is 0 Å². The average molecular weight is 489 g/mol. The highest BCUT2D eigenvalue weighted by atomic mass is 16.6. The van der Waals surface area contributed by atoms with Crippen molar-refractivity contribution in [1.29, 1.82) is 0 Å². The minimum atomic E-state index is -1.22. The third-order valence-electron chi connectivity index (χ3n) is 6.51. The molecular formula is C29H48N2O4. The van der Waals surface area contributed by atoms with Crippen molar-refractivity contribution >= 4 is 17.7 Å². The van der Waals surface area contributed by atoms with Crippen LogP contribution in [0.2, 0.25) is 0 Å². The van der Waals surface area contributed by atoms with E-state index in [-0.39, 0.29) is 23.2 Å². The molecule has 1 heterocycles. The molecule has 3 atom stereocenters. The fraction of sp³-hybridized carbons (Fsp3) is 0.724. The second kappa shape index (κ2) is 9.67. The summed E-state index contributed by atoms with van der Waals surface area (Å²) in [7, 11) is 0. The van der Waals surface area contributed by atoms with Crippen LogP contribution in [0.5, 0.6) is 0 Å². The number of ether oxygens (including phenoxy) is 2. The number of carbonyl (C=O) groups excluding carboxylic acids is 2. The molecule has 1 aliphatic rings. The van der Waals surface area contributed by atoms with E-state index < -0.39 is 28.2 Å². The van der Waals surface area contributed by atoms with Gasteiger partial charge in [0.25, 0.3) is 0 Å². The summed E-state index contributed by atoms with van der Waals surface area (Å²) in [4.78, 5) is 29.7. The predicted molar refractivity (Wildman–Crippen MR) is 142 cm³/mol. The zero-order valence-corrected chi connectivity index (χ0v) is 24.0. The number of hydrogen-bond donors (Lipinski definition) is 1. The Kier molecular flexibility index (Phi) is 8.01. The van der Waals surface area contributed by atoms with Gasteiger partial charge in [-0.05, 0) is 64.5 Å². The first-order valence-electron chi connectivity index (χ1n) is 12.7. The van der Waals surface area contributed by atoms with Crippen LogP contribution < -0.4 is 5.32 Å². The van der Waals surface area contributed by atoms with Crippen molar-refractivity contribution in [3.05, 3.63) is 30.3 Å². The molecular weight excluding hydrogens is 440 g/mol. The van der Waals surface area contributed by atoms with E-state index in [9.17, 15) is 9.59 Å². The Morgan fingerprint density at radius 1 is 0.886 bits per heavy atom. The molecule has 1 fully saturated rings. The summed E-state index contributed by atoms with van der Waals surface area (Å²) in [6.45, 7) is 24.7. The lowest BCUT2D eigenvalue weighted by Crippen LogP contribution is -2.67. The van der Waals surface area contributed by atoms with Crippen molar-refractivity contribution < 1.29 is 19.1 Å². The summed E-state index contributed by atoms with van der Waals surface area (Å²) in [5.74, 6) is -0.562. The van der Waals surface area contributed by atoms with Crippen LogP contribution in [0.3, 0.4) is 0 Å². The van der Waals surface area contributed by atoms with Crippen molar-refractivity contribution in [3.8, 4) is 0 Å². The highest BCUT2D eigenvalue weighted by Crippen LogP contribution is 2.57. The summed E-state index contributed by atoms with van der Waals surface area (Å²) in [5, 5.41) is 3.54. The van der Waals surface area contributed by atoms with Crippen molar-refractivity contribution in [2.75, 3.05) is 18.4 Å². The minimum Gasteiger partial charge on any atom is -0.458 e. The number of amides is 1. The van der Waals surface area contributed by atoms with E-state index in [4.69, 9.17) is 9.47 Å². The van der Waals surface area contributed by atoms with Gasteiger partial charge >= 0.3 is 12.1 Å². The van der Waals surface area contributed by atoms with E-state index in [0.29, 0.717) is 13.1 Å². The fourth-order valence-electron chi connectivity index (χ4n) is 5.62. The largest absolute Gasteiger partial charge is 0.458 e. The maximum atomic E-state index is 14.3. The van der Waals surface area contributed by atoms with Gasteiger partial charge in [0.2, 0.25) is 0 Å². The molecule has 0 saturated carbocycles. The molecule has 1 N–H and O–H groups in total. The Bertz CT molecular complexity index is 884. The number of anilines is 1. The van der Waals surface area contributed by atoms with Gasteiger partial charge in [-0.25, -0.2) is 9.59 Å². The summed E-state index contributed by atoms with van der Waals surface area (Å²) in [5.41, 5.74) is -2.52. The first-order valence-corrected chi connectivity index (χ1v) is 12.7. The third kappa shape index (κ3) is 6.50. The zero-order valence-electron chi connectivity index (χ0n) is 24.0. The lowest BCUT2D eigenvalue weighted by atomic mass is 9.57. The Hall–Kier alpha value is -2.24. The Balaban J connectivity index is 2.70. The van der Waals surface area contributed by atoms with E-state index in [1.165, 1.54) is 0 Å². The van der Waals surface area contributed by atoms with Crippen molar-refractivity contribution in [2.45, 2.75) is 99.8 Å². The molecule has 0 radical (unpaired) electrons. The van der Waals surface area contributed by atoms with Gasteiger partial charge < -0.3 is 14.8 Å². The van der Waals surface area contributed by atoms with Crippen LogP contribution in [0.25, 0.3) is 0 Å². The molecule has 0 bridgehead atoms. The number of para-hydroxylation sites is 1. The van der Waals surface area contributed by atoms with E-state index >= 15 is 0 Å². The standard InChI is InChI=1S/C29H48N2O4/c1-25(2,3)22-20(18-30-21-16-14-13-15-17-21)19-31(24(33)35-28(10,11)12)29(22,26(4,5)6)23(32)34-27(7,8)9/h13-17,20,22,30H,18-19H2,1-12H3/t20-,22?,29-/m1/s1. The van der Waals surface area contributed by atoms with Crippen LogP contribution in [0.15, 0.2) is 30.3 Å². The number of benzene rings is 1. The summed E-state index contributed by atoms with van der Waals surface area (Å²) in [6.07, 6.45) is -0.477. The van der Waals surface area contributed by atoms with Gasteiger partial charge in [0, 0.05) is 30.6 Å². The molecule has 35 heavy (non-hydrogen) atoms. The number of nitrogens with zero attached hydrogens (tertiary/aromatic N) is 1. The highest BCUT2D eigenvalue weighted by Gasteiger charge is 2.69. The smallest absolute Gasteiger partial charge is 0.411 e. The Labute approximate surface area is 213 Å². The Morgan fingerprint density at radius 3 is 1.83 bits per heavy atom. The molecule has 1 aliphatic heterocycles. The summed E-state index contributed by atoms with van der Waals surface area (Å²) < 4.78 is 12.0. The molecule has 2 rings (SSSR count). The van der Waals surface area contributed by atoms with Crippen LogP contribution in [-0.4, -0.2) is 46.8 Å².